The number of nitriles is 1. The highest BCUT2D eigenvalue weighted by atomic mass is 16.3. The van der Waals surface area contributed by atoms with Gasteiger partial charge in [0.05, 0.1) is 0 Å². The van der Waals surface area contributed by atoms with Gasteiger partial charge in [0.15, 0.2) is 0 Å². The summed E-state index contributed by atoms with van der Waals surface area (Å²) in [5.41, 5.74) is 4.30. The van der Waals surface area contributed by atoms with E-state index in [1.807, 2.05) is 24.3 Å². The Morgan fingerprint density at radius 3 is 2.30 bits per heavy atom. The van der Waals surface area contributed by atoms with Crippen molar-refractivity contribution < 1.29 is 9.90 Å². The average Bonchev–Trinajstić information content (AvgIpc) is 2.69. The molecule has 0 aromatic heterocycles. The van der Waals surface area contributed by atoms with Crippen molar-refractivity contribution in [2.45, 2.75) is 33.1 Å². The average molecular weight is 363 g/mol. The largest absolute Gasteiger partial charge is 0.508 e. The van der Waals surface area contributed by atoms with Gasteiger partial charge in [0.25, 0.3) is 5.91 Å². The standard InChI is InChI=1S/C22H25N3O2/c1-3-17-6-5-7-18(4-2)21(17)25-15-19(14-23)22(27)24-13-12-16-8-10-20(26)11-9-16/h5-11,15,25-26H,3-4,12-13H2,1-2H3,(H,24,27)/b19-15-. The monoisotopic (exact) mass is 363 g/mol. The topological polar surface area (TPSA) is 85.2 Å². The summed E-state index contributed by atoms with van der Waals surface area (Å²) >= 11 is 0. The quantitative estimate of drug-likeness (QED) is 0.493. The lowest BCUT2D eigenvalue weighted by Crippen LogP contribution is -2.27. The van der Waals surface area contributed by atoms with Crippen LogP contribution < -0.4 is 10.6 Å². The Hall–Kier alpha value is -3.26. The van der Waals surface area contributed by atoms with Crippen molar-refractivity contribution in [2.75, 3.05) is 11.9 Å². The van der Waals surface area contributed by atoms with Gasteiger partial charge in [0, 0.05) is 18.4 Å². The molecule has 140 valence electrons. The Morgan fingerprint density at radius 2 is 1.74 bits per heavy atom. The molecular formula is C22H25N3O2. The molecule has 0 radical (unpaired) electrons. The van der Waals surface area contributed by atoms with Crippen molar-refractivity contribution in [3.8, 4) is 11.8 Å². The second-order valence-electron chi connectivity index (χ2n) is 6.14. The fourth-order valence-electron chi connectivity index (χ4n) is 2.80. The molecule has 0 bridgehead atoms. The van der Waals surface area contributed by atoms with Gasteiger partial charge in [-0.15, -0.1) is 0 Å². The van der Waals surface area contributed by atoms with Gasteiger partial charge in [-0.25, -0.2) is 0 Å². The number of anilines is 1. The molecule has 0 unspecified atom stereocenters. The summed E-state index contributed by atoms with van der Waals surface area (Å²) in [6.45, 7) is 4.56. The van der Waals surface area contributed by atoms with Gasteiger partial charge in [0.2, 0.25) is 0 Å². The van der Waals surface area contributed by atoms with Crippen molar-refractivity contribution in [3.05, 3.63) is 70.9 Å². The first-order valence-corrected chi connectivity index (χ1v) is 9.12. The predicted molar refractivity (Wildman–Crippen MR) is 107 cm³/mol. The smallest absolute Gasteiger partial charge is 0.263 e. The first-order chi connectivity index (χ1) is 13.1. The van der Waals surface area contributed by atoms with E-state index in [2.05, 4.69) is 24.5 Å². The van der Waals surface area contributed by atoms with Gasteiger partial charge >= 0.3 is 0 Å². The highest BCUT2D eigenvalue weighted by Crippen LogP contribution is 2.22. The van der Waals surface area contributed by atoms with Gasteiger partial charge in [-0.05, 0) is 48.1 Å². The minimum Gasteiger partial charge on any atom is -0.508 e. The van der Waals surface area contributed by atoms with E-state index >= 15 is 0 Å². The molecule has 0 spiro atoms. The Labute approximate surface area is 160 Å². The Morgan fingerprint density at radius 1 is 1.11 bits per heavy atom. The molecule has 0 aliphatic rings. The summed E-state index contributed by atoms with van der Waals surface area (Å²) in [4.78, 5) is 12.3. The number of aryl methyl sites for hydroxylation is 2. The maximum Gasteiger partial charge on any atom is 0.263 e. The summed E-state index contributed by atoms with van der Waals surface area (Å²) in [6, 6.07) is 14.9. The van der Waals surface area contributed by atoms with Gasteiger partial charge in [-0.2, -0.15) is 5.26 Å². The molecule has 2 aromatic carbocycles. The van der Waals surface area contributed by atoms with Crippen molar-refractivity contribution in [1.29, 1.82) is 5.26 Å². The molecule has 0 saturated heterocycles. The lowest BCUT2D eigenvalue weighted by molar-refractivity contribution is -0.117. The molecular weight excluding hydrogens is 338 g/mol. The first kappa shape index (κ1) is 20.1. The number of carbonyl (C=O) groups excluding carboxylic acids is 1. The molecule has 0 aliphatic heterocycles. The van der Waals surface area contributed by atoms with E-state index < -0.39 is 5.91 Å². The third-order valence-electron chi connectivity index (χ3n) is 4.36. The molecule has 0 saturated carbocycles. The highest BCUT2D eigenvalue weighted by Gasteiger charge is 2.10. The summed E-state index contributed by atoms with van der Waals surface area (Å²) in [7, 11) is 0. The number of para-hydroxylation sites is 1. The van der Waals surface area contributed by atoms with Crippen LogP contribution in [-0.4, -0.2) is 17.6 Å². The maximum absolute atomic E-state index is 12.3. The van der Waals surface area contributed by atoms with Crippen LogP contribution in [0.15, 0.2) is 54.2 Å². The Kier molecular flexibility index (Phi) is 7.45. The third-order valence-corrected chi connectivity index (χ3v) is 4.36. The minimum absolute atomic E-state index is 0.0358. The zero-order valence-corrected chi connectivity index (χ0v) is 15.7. The van der Waals surface area contributed by atoms with Gasteiger partial charge in [0.1, 0.15) is 17.4 Å². The summed E-state index contributed by atoms with van der Waals surface area (Å²) in [5, 5.41) is 24.5. The van der Waals surface area contributed by atoms with E-state index in [4.69, 9.17) is 0 Å². The fourth-order valence-corrected chi connectivity index (χ4v) is 2.80. The first-order valence-electron chi connectivity index (χ1n) is 9.12. The number of benzene rings is 2. The molecule has 0 heterocycles. The second kappa shape index (κ2) is 10.0. The number of hydrogen-bond acceptors (Lipinski definition) is 4. The van der Waals surface area contributed by atoms with Crippen LogP contribution in [-0.2, 0) is 24.1 Å². The number of phenolic OH excluding ortho intramolecular Hbond substituents is 1. The number of hydrogen-bond donors (Lipinski definition) is 3. The lowest BCUT2D eigenvalue weighted by atomic mass is 10.0. The van der Waals surface area contributed by atoms with E-state index in [0.29, 0.717) is 13.0 Å². The predicted octanol–water partition coefficient (Wildman–Crippen LogP) is 3.70. The molecule has 5 heteroatoms. The molecule has 2 aromatic rings. The van der Waals surface area contributed by atoms with E-state index in [1.54, 1.807) is 24.3 Å². The van der Waals surface area contributed by atoms with Crippen LogP contribution in [0, 0.1) is 11.3 Å². The molecule has 5 nitrogen and oxygen atoms in total. The van der Waals surface area contributed by atoms with Crippen molar-refractivity contribution in [2.24, 2.45) is 0 Å². The molecule has 0 fully saturated rings. The van der Waals surface area contributed by atoms with Crippen LogP contribution in [0.25, 0.3) is 0 Å². The van der Waals surface area contributed by atoms with Crippen molar-refractivity contribution in [1.82, 2.24) is 5.32 Å². The number of amides is 1. The molecule has 27 heavy (non-hydrogen) atoms. The molecule has 0 atom stereocenters. The normalized spacial score (nSPS) is 10.9. The van der Waals surface area contributed by atoms with Crippen LogP contribution in [0.4, 0.5) is 5.69 Å². The SMILES string of the molecule is CCc1cccc(CC)c1N/C=C(/C#N)C(=O)NCCc1ccc(O)cc1. The molecule has 0 aliphatic carbocycles. The van der Waals surface area contributed by atoms with Gasteiger partial charge < -0.3 is 15.7 Å². The maximum atomic E-state index is 12.3. The second-order valence-corrected chi connectivity index (χ2v) is 6.14. The van der Waals surface area contributed by atoms with Crippen LogP contribution >= 0.6 is 0 Å². The lowest BCUT2D eigenvalue weighted by Gasteiger charge is -2.13. The molecule has 1 amide bonds. The number of carbonyl (C=O) groups is 1. The van der Waals surface area contributed by atoms with Crippen molar-refractivity contribution >= 4 is 11.6 Å². The highest BCUT2D eigenvalue weighted by molar-refractivity contribution is 5.97. The van der Waals surface area contributed by atoms with Gasteiger partial charge in [-0.1, -0.05) is 44.2 Å². The third kappa shape index (κ3) is 5.61. The fraction of sp³-hybridized carbons (Fsp3) is 0.273. The summed E-state index contributed by atoms with van der Waals surface area (Å²) < 4.78 is 0. The number of aromatic hydroxyl groups is 1. The summed E-state index contributed by atoms with van der Waals surface area (Å²) in [5.74, 6) is -0.196. The van der Waals surface area contributed by atoms with Gasteiger partial charge in [-0.3, -0.25) is 4.79 Å². The zero-order valence-electron chi connectivity index (χ0n) is 15.7. The van der Waals surface area contributed by atoms with Crippen molar-refractivity contribution in [3.63, 3.8) is 0 Å². The van der Waals surface area contributed by atoms with Crippen LogP contribution in [0.3, 0.4) is 0 Å². The number of phenols is 1. The van der Waals surface area contributed by atoms with E-state index in [-0.39, 0.29) is 11.3 Å². The molecule has 3 N–H and O–H groups in total. The van der Waals surface area contributed by atoms with E-state index in [0.717, 1.165) is 35.2 Å². The Bertz CT molecular complexity index is 827. The van der Waals surface area contributed by atoms with E-state index in [9.17, 15) is 15.2 Å². The van der Waals surface area contributed by atoms with E-state index in [1.165, 1.54) is 6.20 Å². The minimum atomic E-state index is -0.407. The number of nitrogens with zero attached hydrogens (tertiary/aromatic N) is 1. The Balaban J connectivity index is 2.00. The van der Waals surface area contributed by atoms with Crippen LogP contribution in [0.2, 0.25) is 0 Å². The summed E-state index contributed by atoms with van der Waals surface area (Å²) in [6.07, 6.45) is 3.83. The number of nitrogens with one attached hydrogen (secondary N) is 2. The zero-order chi connectivity index (χ0) is 19.6. The molecule has 2 rings (SSSR count). The number of rotatable bonds is 8. The van der Waals surface area contributed by atoms with Crippen LogP contribution in [0.1, 0.15) is 30.5 Å². The van der Waals surface area contributed by atoms with Crippen LogP contribution in [0.5, 0.6) is 5.75 Å².